The summed E-state index contributed by atoms with van der Waals surface area (Å²) < 4.78 is 7.34. The fourth-order valence-corrected chi connectivity index (χ4v) is 4.60. The van der Waals surface area contributed by atoms with Crippen LogP contribution in [-0.2, 0) is 5.75 Å². The molecular formula is C23H13Cl3N4O2S. The molecule has 0 amide bonds. The molecule has 0 spiro atoms. The zero-order valence-corrected chi connectivity index (χ0v) is 19.8. The lowest BCUT2D eigenvalue weighted by atomic mass is 10.2. The fraction of sp³-hybridized carbons (Fsp3) is 0.0435. The number of nitrogens with zero attached hydrogens (tertiary/aromatic N) is 4. The molecule has 2 heterocycles. The molecular weight excluding hydrogens is 503 g/mol. The fourth-order valence-electron chi connectivity index (χ4n) is 3.30. The van der Waals surface area contributed by atoms with Gasteiger partial charge in [0.1, 0.15) is 5.82 Å². The van der Waals surface area contributed by atoms with Gasteiger partial charge in [-0.3, -0.25) is 9.36 Å². The van der Waals surface area contributed by atoms with E-state index in [0.29, 0.717) is 54.0 Å². The van der Waals surface area contributed by atoms with E-state index in [1.807, 2.05) is 18.2 Å². The van der Waals surface area contributed by atoms with E-state index >= 15 is 0 Å². The standard InChI is InChI=1S/C23H13Cl3N4O2S/c24-13-5-8-15(9-6-13)30-20(27-19-4-2-1-3-17(19)22(30)31)12-33-23-29-28-21(32-23)16-10-7-14(25)11-18(16)26/h1-11H,12H2. The van der Waals surface area contributed by atoms with Crippen molar-refractivity contribution in [2.45, 2.75) is 11.0 Å². The molecule has 5 aromatic rings. The number of aromatic nitrogens is 4. The van der Waals surface area contributed by atoms with Crippen LogP contribution in [0, 0.1) is 0 Å². The van der Waals surface area contributed by atoms with Gasteiger partial charge in [-0.25, -0.2) is 4.98 Å². The van der Waals surface area contributed by atoms with E-state index in [9.17, 15) is 4.79 Å². The number of hydrogen-bond donors (Lipinski definition) is 0. The third-order valence-electron chi connectivity index (χ3n) is 4.82. The molecule has 0 N–H and O–H groups in total. The van der Waals surface area contributed by atoms with Gasteiger partial charge in [0.25, 0.3) is 10.8 Å². The van der Waals surface area contributed by atoms with Gasteiger partial charge in [0.05, 0.1) is 32.9 Å². The predicted octanol–water partition coefficient (Wildman–Crippen LogP) is 6.69. The lowest BCUT2D eigenvalue weighted by Crippen LogP contribution is -2.23. The average molecular weight is 516 g/mol. The van der Waals surface area contributed by atoms with E-state index in [2.05, 4.69) is 10.2 Å². The number of para-hydroxylation sites is 1. The average Bonchev–Trinajstić information content (AvgIpc) is 3.27. The van der Waals surface area contributed by atoms with Crippen LogP contribution >= 0.6 is 46.6 Å². The molecule has 0 radical (unpaired) electrons. The molecule has 164 valence electrons. The Morgan fingerprint density at radius 3 is 2.45 bits per heavy atom. The molecule has 0 fully saturated rings. The molecule has 0 atom stereocenters. The molecule has 0 aliphatic heterocycles. The van der Waals surface area contributed by atoms with E-state index in [0.717, 1.165) is 0 Å². The van der Waals surface area contributed by atoms with Crippen molar-refractivity contribution in [2.24, 2.45) is 0 Å². The minimum Gasteiger partial charge on any atom is -0.411 e. The van der Waals surface area contributed by atoms with Gasteiger partial charge in [0.15, 0.2) is 0 Å². The largest absolute Gasteiger partial charge is 0.411 e. The molecule has 3 aromatic carbocycles. The molecule has 0 unspecified atom stereocenters. The Bertz CT molecular complexity index is 1530. The SMILES string of the molecule is O=c1c2ccccc2nc(CSc2nnc(-c3ccc(Cl)cc3Cl)o2)n1-c1ccc(Cl)cc1. The summed E-state index contributed by atoms with van der Waals surface area (Å²) in [5.41, 5.74) is 1.69. The highest BCUT2D eigenvalue weighted by molar-refractivity contribution is 7.98. The summed E-state index contributed by atoms with van der Waals surface area (Å²) >= 11 is 19.5. The van der Waals surface area contributed by atoms with E-state index in [4.69, 9.17) is 44.2 Å². The van der Waals surface area contributed by atoms with Crippen LogP contribution in [0.3, 0.4) is 0 Å². The van der Waals surface area contributed by atoms with E-state index in [1.54, 1.807) is 53.1 Å². The molecule has 0 aliphatic rings. The summed E-state index contributed by atoms with van der Waals surface area (Å²) in [6.45, 7) is 0. The van der Waals surface area contributed by atoms with Crippen LogP contribution in [0.1, 0.15) is 5.82 Å². The topological polar surface area (TPSA) is 73.8 Å². The van der Waals surface area contributed by atoms with Gasteiger partial charge in [0.2, 0.25) is 5.89 Å². The van der Waals surface area contributed by atoms with Crippen LogP contribution in [0.25, 0.3) is 28.0 Å². The Morgan fingerprint density at radius 2 is 1.67 bits per heavy atom. The smallest absolute Gasteiger partial charge is 0.277 e. The van der Waals surface area contributed by atoms with Crippen molar-refractivity contribution in [3.8, 4) is 17.1 Å². The molecule has 0 saturated carbocycles. The second kappa shape index (κ2) is 9.19. The first-order valence-electron chi connectivity index (χ1n) is 9.68. The van der Waals surface area contributed by atoms with Gasteiger partial charge in [-0.1, -0.05) is 58.7 Å². The van der Waals surface area contributed by atoms with Crippen molar-refractivity contribution < 1.29 is 4.42 Å². The van der Waals surface area contributed by atoms with Crippen molar-refractivity contribution in [3.63, 3.8) is 0 Å². The number of halogens is 3. The molecule has 6 nitrogen and oxygen atoms in total. The Labute approximate surface area is 207 Å². The maximum atomic E-state index is 13.3. The Kier molecular flexibility index (Phi) is 6.12. The van der Waals surface area contributed by atoms with Crippen LogP contribution < -0.4 is 5.56 Å². The molecule has 33 heavy (non-hydrogen) atoms. The highest BCUT2D eigenvalue weighted by Crippen LogP contribution is 2.32. The van der Waals surface area contributed by atoms with Gasteiger partial charge >= 0.3 is 0 Å². The van der Waals surface area contributed by atoms with Gasteiger partial charge < -0.3 is 4.42 Å². The molecule has 0 aliphatic carbocycles. The summed E-state index contributed by atoms with van der Waals surface area (Å²) in [4.78, 5) is 18.0. The van der Waals surface area contributed by atoms with Crippen molar-refractivity contribution in [1.82, 2.24) is 19.7 Å². The molecule has 2 aromatic heterocycles. The highest BCUT2D eigenvalue weighted by Gasteiger charge is 2.16. The zero-order chi connectivity index (χ0) is 22.9. The summed E-state index contributed by atoms with van der Waals surface area (Å²) in [6.07, 6.45) is 0. The number of rotatable bonds is 5. The van der Waals surface area contributed by atoms with Crippen LogP contribution in [0.4, 0.5) is 0 Å². The summed E-state index contributed by atoms with van der Waals surface area (Å²) in [7, 11) is 0. The number of hydrogen-bond acceptors (Lipinski definition) is 6. The second-order valence-corrected chi connectivity index (χ2v) is 9.15. The minimum atomic E-state index is -0.169. The monoisotopic (exact) mass is 514 g/mol. The predicted molar refractivity (Wildman–Crippen MR) is 132 cm³/mol. The van der Waals surface area contributed by atoms with Crippen LogP contribution in [0.15, 0.2) is 81.2 Å². The van der Waals surface area contributed by atoms with Crippen molar-refractivity contribution in [3.05, 3.63) is 98.0 Å². The minimum absolute atomic E-state index is 0.169. The van der Waals surface area contributed by atoms with Gasteiger partial charge in [-0.05, 0) is 54.6 Å². The molecule has 5 rings (SSSR count). The second-order valence-electron chi connectivity index (χ2n) is 6.95. The third-order valence-corrected chi connectivity index (χ3v) is 6.44. The highest BCUT2D eigenvalue weighted by atomic mass is 35.5. The number of thioether (sulfide) groups is 1. The van der Waals surface area contributed by atoms with Crippen molar-refractivity contribution >= 4 is 57.5 Å². The summed E-state index contributed by atoms with van der Waals surface area (Å²) in [5.74, 6) is 1.13. The lowest BCUT2D eigenvalue weighted by Gasteiger charge is -2.13. The normalized spacial score (nSPS) is 11.2. The quantitative estimate of drug-likeness (QED) is 0.243. The number of benzene rings is 3. The first-order valence-corrected chi connectivity index (χ1v) is 11.8. The maximum absolute atomic E-state index is 13.3. The van der Waals surface area contributed by atoms with Crippen LogP contribution in [-0.4, -0.2) is 19.7 Å². The maximum Gasteiger partial charge on any atom is 0.277 e. The van der Waals surface area contributed by atoms with Gasteiger partial charge in [-0.15, -0.1) is 10.2 Å². The van der Waals surface area contributed by atoms with Crippen LogP contribution in [0.2, 0.25) is 15.1 Å². The van der Waals surface area contributed by atoms with Crippen molar-refractivity contribution in [1.29, 1.82) is 0 Å². The molecule has 0 saturated heterocycles. The van der Waals surface area contributed by atoms with E-state index in [-0.39, 0.29) is 11.4 Å². The van der Waals surface area contributed by atoms with Crippen LogP contribution in [0.5, 0.6) is 0 Å². The molecule has 0 bridgehead atoms. The number of fused-ring (bicyclic) bond motifs is 1. The Balaban J connectivity index is 1.50. The van der Waals surface area contributed by atoms with Gasteiger partial charge in [-0.2, -0.15) is 0 Å². The van der Waals surface area contributed by atoms with E-state index in [1.165, 1.54) is 11.8 Å². The van der Waals surface area contributed by atoms with E-state index < -0.39 is 0 Å². The third kappa shape index (κ3) is 4.50. The summed E-state index contributed by atoms with van der Waals surface area (Å²) in [6, 6.07) is 19.3. The zero-order valence-electron chi connectivity index (χ0n) is 16.7. The Morgan fingerprint density at radius 1 is 0.909 bits per heavy atom. The molecule has 10 heteroatoms. The summed E-state index contributed by atoms with van der Waals surface area (Å²) in [5, 5.41) is 10.5. The first-order chi connectivity index (χ1) is 16.0. The van der Waals surface area contributed by atoms with Crippen molar-refractivity contribution in [2.75, 3.05) is 0 Å². The van der Waals surface area contributed by atoms with Gasteiger partial charge in [0, 0.05) is 10.0 Å². The Hall–Kier alpha value is -2.84. The lowest BCUT2D eigenvalue weighted by molar-refractivity contribution is 0.465. The first kappa shape index (κ1) is 22.0.